The van der Waals surface area contributed by atoms with Crippen LogP contribution in [0.15, 0.2) is 4.99 Å². The summed E-state index contributed by atoms with van der Waals surface area (Å²) >= 11 is 4.01. The maximum Gasteiger partial charge on any atom is 0.157 e. The largest absolute Gasteiger partial charge is 0.361 e. The second-order valence-corrected chi connectivity index (χ2v) is 6.98. The molecular formula is C11H20N2S2. The Hall–Kier alpha value is 0.170. The molecule has 0 aromatic carbocycles. The molecule has 2 nitrogen and oxygen atoms in total. The number of amidine groups is 1. The average Bonchev–Trinajstić information content (AvgIpc) is 2.68. The van der Waals surface area contributed by atoms with Crippen molar-refractivity contribution in [3.8, 4) is 0 Å². The fraction of sp³-hybridized carbons (Fsp3) is 0.909. The van der Waals surface area contributed by atoms with Crippen LogP contribution in [0.4, 0.5) is 0 Å². The lowest BCUT2D eigenvalue weighted by molar-refractivity contribution is 0.596. The van der Waals surface area contributed by atoms with Gasteiger partial charge in [-0.25, -0.2) is 0 Å². The third kappa shape index (κ3) is 3.31. The van der Waals surface area contributed by atoms with Crippen molar-refractivity contribution in [2.45, 2.75) is 38.0 Å². The lowest BCUT2D eigenvalue weighted by Crippen LogP contribution is -2.36. The first-order valence-electron chi connectivity index (χ1n) is 5.81. The number of nitrogens with one attached hydrogen (secondary N) is 1. The molecule has 15 heavy (non-hydrogen) atoms. The molecule has 2 aliphatic heterocycles. The predicted molar refractivity (Wildman–Crippen MR) is 72.0 cm³/mol. The molecule has 0 saturated carbocycles. The van der Waals surface area contributed by atoms with E-state index in [1.165, 1.54) is 29.5 Å². The molecule has 1 N–H and O–H groups in total. The van der Waals surface area contributed by atoms with E-state index >= 15 is 0 Å². The Kier molecular flexibility index (Phi) is 4.26. The van der Waals surface area contributed by atoms with Crippen LogP contribution in [0.5, 0.6) is 0 Å². The number of rotatable bonds is 2. The molecule has 2 unspecified atom stereocenters. The molecule has 0 bridgehead atoms. The molecule has 0 aliphatic carbocycles. The van der Waals surface area contributed by atoms with Crippen LogP contribution in [0.3, 0.4) is 0 Å². The molecule has 2 aliphatic rings. The minimum Gasteiger partial charge on any atom is -0.361 e. The summed E-state index contributed by atoms with van der Waals surface area (Å²) in [5.41, 5.74) is 0. The summed E-state index contributed by atoms with van der Waals surface area (Å²) in [5.74, 6) is 3.33. The van der Waals surface area contributed by atoms with Crippen molar-refractivity contribution in [1.82, 2.24) is 5.32 Å². The van der Waals surface area contributed by atoms with Gasteiger partial charge in [0.1, 0.15) is 0 Å². The Balaban J connectivity index is 1.76. The highest BCUT2D eigenvalue weighted by atomic mass is 32.2. The smallest absolute Gasteiger partial charge is 0.157 e. The summed E-state index contributed by atoms with van der Waals surface area (Å²) in [5, 5.41) is 5.49. The van der Waals surface area contributed by atoms with Gasteiger partial charge in [0.2, 0.25) is 0 Å². The number of hydrogen-bond donors (Lipinski definition) is 1. The predicted octanol–water partition coefficient (Wildman–Crippen LogP) is 2.60. The van der Waals surface area contributed by atoms with Gasteiger partial charge in [-0.1, -0.05) is 25.6 Å². The maximum atomic E-state index is 4.59. The van der Waals surface area contributed by atoms with E-state index in [9.17, 15) is 0 Å². The molecule has 2 atom stereocenters. The van der Waals surface area contributed by atoms with Crippen LogP contribution in [-0.2, 0) is 0 Å². The first kappa shape index (κ1) is 11.6. The summed E-state index contributed by atoms with van der Waals surface area (Å²) in [7, 11) is 0. The van der Waals surface area contributed by atoms with Gasteiger partial charge in [-0.15, -0.1) is 0 Å². The van der Waals surface area contributed by atoms with Crippen molar-refractivity contribution in [3.05, 3.63) is 0 Å². The van der Waals surface area contributed by atoms with Crippen molar-refractivity contribution in [1.29, 1.82) is 0 Å². The van der Waals surface area contributed by atoms with Gasteiger partial charge in [-0.3, -0.25) is 4.99 Å². The molecule has 0 aromatic rings. The Labute approximate surface area is 101 Å². The highest BCUT2D eigenvalue weighted by Crippen LogP contribution is 2.27. The zero-order valence-corrected chi connectivity index (χ0v) is 11.2. The summed E-state index contributed by atoms with van der Waals surface area (Å²) in [4.78, 5) is 4.59. The molecule has 0 aromatic heterocycles. The van der Waals surface area contributed by atoms with Crippen LogP contribution < -0.4 is 5.32 Å². The molecular weight excluding hydrogens is 224 g/mol. The molecule has 1 fully saturated rings. The SMILES string of the molecule is CC(C)C1CN=C(NC2CCCSC2)S1. The van der Waals surface area contributed by atoms with Crippen LogP contribution in [0.1, 0.15) is 26.7 Å². The summed E-state index contributed by atoms with van der Waals surface area (Å²) in [6, 6.07) is 0.668. The van der Waals surface area contributed by atoms with Gasteiger partial charge >= 0.3 is 0 Å². The number of aliphatic imine (C=N–C) groups is 1. The molecule has 0 radical (unpaired) electrons. The van der Waals surface area contributed by atoms with Gasteiger partial charge in [0.25, 0.3) is 0 Å². The quantitative estimate of drug-likeness (QED) is 0.808. The minimum absolute atomic E-state index is 0.668. The van der Waals surface area contributed by atoms with Gasteiger partial charge in [0, 0.05) is 17.0 Å². The highest BCUT2D eigenvalue weighted by Gasteiger charge is 2.24. The summed E-state index contributed by atoms with van der Waals surface area (Å²) < 4.78 is 0. The lowest BCUT2D eigenvalue weighted by atomic mass is 10.1. The van der Waals surface area contributed by atoms with Crippen LogP contribution in [-0.4, -0.2) is 34.5 Å². The van der Waals surface area contributed by atoms with E-state index in [4.69, 9.17) is 0 Å². The zero-order chi connectivity index (χ0) is 10.7. The number of nitrogens with zero attached hydrogens (tertiary/aromatic N) is 1. The van der Waals surface area contributed by atoms with Gasteiger partial charge < -0.3 is 5.32 Å². The van der Waals surface area contributed by atoms with Crippen LogP contribution >= 0.6 is 23.5 Å². The van der Waals surface area contributed by atoms with Crippen molar-refractivity contribution in [2.24, 2.45) is 10.9 Å². The number of thioether (sulfide) groups is 2. The first-order chi connectivity index (χ1) is 7.25. The Morgan fingerprint density at radius 2 is 2.33 bits per heavy atom. The van der Waals surface area contributed by atoms with Crippen molar-refractivity contribution < 1.29 is 0 Å². The monoisotopic (exact) mass is 244 g/mol. The van der Waals surface area contributed by atoms with Crippen molar-refractivity contribution >= 4 is 28.7 Å². The Morgan fingerprint density at radius 1 is 1.47 bits per heavy atom. The van der Waals surface area contributed by atoms with Crippen LogP contribution in [0, 0.1) is 5.92 Å². The molecule has 2 rings (SSSR count). The van der Waals surface area contributed by atoms with Gasteiger partial charge in [-0.2, -0.15) is 11.8 Å². The molecule has 2 heterocycles. The molecule has 0 amide bonds. The van der Waals surface area contributed by atoms with E-state index in [-0.39, 0.29) is 0 Å². The number of hydrogen-bond acceptors (Lipinski definition) is 4. The third-order valence-corrected chi connectivity index (χ3v) is 5.59. The second-order valence-electron chi connectivity index (χ2n) is 4.60. The van der Waals surface area contributed by atoms with E-state index in [0.29, 0.717) is 11.3 Å². The lowest BCUT2D eigenvalue weighted by Gasteiger charge is -2.23. The van der Waals surface area contributed by atoms with Gasteiger partial charge in [0.15, 0.2) is 5.17 Å². The Morgan fingerprint density at radius 3 is 2.93 bits per heavy atom. The average molecular weight is 244 g/mol. The molecule has 4 heteroatoms. The summed E-state index contributed by atoms with van der Waals surface area (Å²) in [6.07, 6.45) is 2.67. The fourth-order valence-corrected chi connectivity index (χ4v) is 4.01. The fourth-order valence-electron chi connectivity index (χ4n) is 1.85. The second kappa shape index (κ2) is 5.48. The Bertz CT molecular complexity index is 235. The molecule has 1 saturated heterocycles. The van der Waals surface area contributed by atoms with E-state index in [1.54, 1.807) is 0 Å². The van der Waals surface area contributed by atoms with E-state index in [0.717, 1.165) is 12.5 Å². The van der Waals surface area contributed by atoms with E-state index < -0.39 is 0 Å². The van der Waals surface area contributed by atoms with Crippen molar-refractivity contribution in [3.63, 3.8) is 0 Å². The normalized spacial score (nSPS) is 31.8. The van der Waals surface area contributed by atoms with E-state index in [2.05, 4.69) is 35.9 Å². The topological polar surface area (TPSA) is 24.4 Å². The maximum absolute atomic E-state index is 4.59. The van der Waals surface area contributed by atoms with Crippen molar-refractivity contribution in [2.75, 3.05) is 18.1 Å². The zero-order valence-electron chi connectivity index (χ0n) is 9.53. The van der Waals surface area contributed by atoms with Gasteiger partial charge in [0.05, 0.1) is 6.54 Å². The van der Waals surface area contributed by atoms with Crippen LogP contribution in [0.2, 0.25) is 0 Å². The van der Waals surface area contributed by atoms with E-state index in [1.807, 2.05) is 11.8 Å². The molecule has 0 spiro atoms. The first-order valence-corrected chi connectivity index (χ1v) is 7.84. The molecule has 86 valence electrons. The van der Waals surface area contributed by atoms with Crippen LogP contribution in [0.25, 0.3) is 0 Å². The van der Waals surface area contributed by atoms with Gasteiger partial charge in [-0.05, 0) is 24.5 Å². The highest BCUT2D eigenvalue weighted by molar-refractivity contribution is 8.14. The third-order valence-electron chi connectivity index (χ3n) is 2.91. The minimum atomic E-state index is 0.668. The standard InChI is InChI=1S/C11H20N2S2/c1-8(2)10-6-12-11(15-10)13-9-4-3-5-14-7-9/h8-10H,3-7H2,1-2H3,(H,12,13). The summed E-state index contributed by atoms with van der Waals surface area (Å²) in [6.45, 7) is 5.57.